The summed E-state index contributed by atoms with van der Waals surface area (Å²) in [5.41, 5.74) is -0.0908. The van der Waals surface area contributed by atoms with Crippen LogP contribution >= 0.6 is 15.9 Å². The first-order valence-electron chi connectivity index (χ1n) is 8.19. The average molecular weight is 472 g/mol. The van der Waals surface area contributed by atoms with E-state index in [-0.39, 0.29) is 37.4 Å². The predicted molar refractivity (Wildman–Crippen MR) is 102 cm³/mol. The van der Waals surface area contributed by atoms with E-state index in [1.165, 1.54) is 41.3 Å². The lowest BCUT2D eigenvalue weighted by molar-refractivity contribution is -0.384. The number of nitro benzene ring substituents is 1. The van der Waals surface area contributed by atoms with Gasteiger partial charge in [0.15, 0.2) is 0 Å². The number of sulfonamides is 1. The van der Waals surface area contributed by atoms with Gasteiger partial charge in [-0.25, -0.2) is 12.8 Å². The lowest BCUT2D eigenvalue weighted by Crippen LogP contribution is -2.50. The van der Waals surface area contributed by atoms with Crippen LogP contribution < -0.4 is 0 Å². The van der Waals surface area contributed by atoms with Gasteiger partial charge < -0.3 is 4.90 Å². The second-order valence-electron chi connectivity index (χ2n) is 6.05. The van der Waals surface area contributed by atoms with Crippen molar-refractivity contribution < 1.29 is 22.5 Å². The number of carbonyl (C=O) groups is 1. The smallest absolute Gasteiger partial charge is 0.270 e. The molecule has 11 heteroatoms. The second kappa shape index (κ2) is 7.94. The molecule has 1 saturated heterocycles. The molecule has 0 atom stereocenters. The molecule has 1 aliphatic rings. The summed E-state index contributed by atoms with van der Waals surface area (Å²) >= 11 is 3.21. The first-order chi connectivity index (χ1) is 13.2. The van der Waals surface area contributed by atoms with Gasteiger partial charge in [-0.3, -0.25) is 14.9 Å². The molecule has 2 aromatic rings. The molecule has 1 aliphatic heterocycles. The molecule has 3 rings (SSSR count). The van der Waals surface area contributed by atoms with Gasteiger partial charge in [0.2, 0.25) is 10.0 Å². The zero-order chi connectivity index (χ0) is 20.5. The van der Waals surface area contributed by atoms with E-state index in [0.717, 1.165) is 10.4 Å². The number of nitrogens with zero attached hydrogens (tertiary/aromatic N) is 3. The van der Waals surface area contributed by atoms with Crippen LogP contribution in [0.2, 0.25) is 0 Å². The fourth-order valence-electron chi connectivity index (χ4n) is 2.89. The van der Waals surface area contributed by atoms with Crippen LogP contribution in [0.3, 0.4) is 0 Å². The lowest BCUT2D eigenvalue weighted by atomic mass is 10.1. The highest BCUT2D eigenvalue weighted by Crippen LogP contribution is 2.25. The minimum atomic E-state index is -4.01. The number of piperazine rings is 1. The van der Waals surface area contributed by atoms with Crippen LogP contribution in [0.25, 0.3) is 0 Å². The fourth-order valence-corrected chi connectivity index (χ4v) is 4.79. The molecule has 1 fully saturated rings. The zero-order valence-corrected chi connectivity index (χ0v) is 16.8. The number of amides is 1. The van der Waals surface area contributed by atoms with Crippen molar-refractivity contribution in [2.45, 2.75) is 4.90 Å². The van der Waals surface area contributed by atoms with E-state index >= 15 is 0 Å². The van der Waals surface area contributed by atoms with Crippen molar-refractivity contribution in [1.82, 2.24) is 9.21 Å². The van der Waals surface area contributed by atoms with Crippen molar-refractivity contribution in [2.24, 2.45) is 0 Å². The standard InChI is InChI=1S/C17H15BrFN3O5S/c18-14-6-5-12(22(24)25)11-13(14)17(23)20-7-9-21(10-8-20)28(26,27)16-4-2-1-3-15(16)19/h1-6,11H,7-10H2. The monoisotopic (exact) mass is 471 g/mol. The maximum Gasteiger partial charge on any atom is 0.270 e. The Hall–Kier alpha value is -2.37. The highest BCUT2D eigenvalue weighted by atomic mass is 79.9. The van der Waals surface area contributed by atoms with E-state index in [2.05, 4.69) is 15.9 Å². The van der Waals surface area contributed by atoms with E-state index in [0.29, 0.717) is 4.47 Å². The Kier molecular flexibility index (Phi) is 5.77. The Labute approximate surface area is 168 Å². The summed E-state index contributed by atoms with van der Waals surface area (Å²) in [6.07, 6.45) is 0. The molecule has 0 bridgehead atoms. The van der Waals surface area contributed by atoms with Gasteiger partial charge in [0.1, 0.15) is 10.7 Å². The number of non-ortho nitro benzene ring substituents is 1. The third-order valence-corrected chi connectivity index (χ3v) is 6.99. The van der Waals surface area contributed by atoms with Crippen LogP contribution in [0.4, 0.5) is 10.1 Å². The van der Waals surface area contributed by atoms with Crippen LogP contribution in [0.1, 0.15) is 10.4 Å². The Morgan fingerprint density at radius 3 is 2.36 bits per heavy atom. The van der Waals surface area contributed by atoms with Gasteiger partial charge in [-0.1, -0.05) is 12.1 Å². The van der Waals surface area contributed by atoms with Crippen molar-refractivity contribution in [3.63, 3.8) is 0 Å². The Balaban J connectivity index is 1.76. The number of nitro groups is 1. The Morgan fingerprint density at radius 2 is 1.75 bits per heavy atom. The first kappa shape index (κ1) is 20.4. The van der Waals surface area contributed by atoms with Gasteiger partial charge in [-0.05, 0) is 34.1 Å². The van der Waals surface area contributed by atoms with Crippen molar-refractivity contribution in [3.8, 4) is 0 Å². The van der Waals surface area contributed by atoms with E-state index in [1.54, 1.807) is 0 Å². The van der Waals surface area contributed by atoms with Crippen molar-refractivity contribution in [3.05, 3.63) is 68.4 Å². The number of hydrogen-bond acceptors (Lipinski definition) is 5. The molecule has 1 amide bonds. The number of benzene rings is 2. The average Bonchev–Trinajstić information content (AvgIpc) is 2.68. The number of rotatable bonds is 4. The van der Waals surface area contributed by atoms with Crippen molar-refractivity contribution >= 4 is 37.5 Å². The molecule has 0 N–H and O–H groups in total. The molecule has 0 spiro atoms. The zero-order valence-electron chi connectivity index (χ0n) is 14.4. The maximum absolute atomic E-state index is 13.9. The van der Waals surface area contributed by atoms with Gasteiger partial charge in [0.25, 0.3) is 11.6 Å². The second-order valence-corrected chi connectivity index (χ2v) is 8.81. The summed E-state index contributed by atoms with van der Waals surface area (Å²) < 4.78 is 40.7. The van der Waals surface area contributed by atoms with Crippen molar-refractivity contribution in [2.75, 3.05) is 26.2 Å². The summed E-state index contributed by atoms with van der Waals surface area (Å²) in [7, 11) is -4.01. The van der Waals surface area contributed by atoms with E-state index in [1.807, 2.05) is 0 Å². The molecular weight excluding hydrogens is 457 g/mol. The summed E-state index contributed by atoms with van der Waals surface area (Å²) in [4.78, 5) is 24.1. The molecule has 0 radical (unpaired) electrons. The SMILES string of the molecule is O=C(c1cc([N+](=O)[O-])ccc1Br)N1CCN(S(=O)(=O)c2ccccc2F)CC1. The molecule has 28 heavy (non-hydrogen) atoms. The quantitative estimate of drug-likeness (QED) is 0.503. The number of hydrogen-bond donors (Lipinski definition) is 0. The van der Waals surface area contributed by atoms with E-state index < -0.39 is 31.6 Å². The minimum Gasteiger partial charge on any atom is -0.336 e. The molecule has 148 valence electrons. The highest BCUT2D eigenvalue weighted by Gasteiger charge is 2.32. The number of carbonyl (C=O) groups excluding carboxylic acids is 1. The molecule has 0 aliphatic carbocycles. The van der Waals surface area contributed by atoms with Crippen LogP contribution in [-0.2, 0) is 10.0 Å². The fraction of sp³-hybridized carbons (Fsp3) is 0.235. The molecule has 8 nitrogen and oxygen atoms in total. The Bertz CT molecular complexity index is 1040. The summed E-state index contributed by atoms with van der Waals surface area (Å²) in [5.74, 6) is -1.28. The molecule has 2 aromatic carbocycles. The Morgan fingerprint density at radius 1 is 1.11 bits per heavy atom. The summed E-state index contributed by atoms with van der Waals surface area (Å²) in [5, 5.41) is 10.9. The molecule has 0 saturated carbocycles. The number of halogens is 2. The van der Waals surface area contributed by atoms with E-state index in [9.17, 15) is 27.7 Å². The van der Waals surface area contributed by atoms with Crippen LogP contribution in [0.15, 0.2) is 51.8 Å². The normalized spacial score (nSPS) is 15.4. The van der Waals surface area contributed by atoms with Gasteiger partial charge in [-0.2, -0.15) is 4.31 Å². The van der Waals surface area contributed by atoms with Crippen LogP contribution in [0.5, 0.6) is 0 Å². The van der Waals surface area contributed by atoms with Gasteiger partial charge >= 0.3 is 0 Å². The lowest BCUT2D eigenvalue weighted by Gasteiger charge is -2.34. The first-order valence-corrected chi connectivity index (χ1v) is 10.4. The van der Waals surface area contributed by atoms with Crippen LogP contribution in [-0.4, -0.2) is 54.6 Å². The topological polar surface area (TPSA) is 101 Å². The summed E-state index contributed by atoms with van der Waals surface area (Å²) in [6, 6.07) is 8.99. The van der Waals surface area contributed by atoms with Gasteiger partial charge in [-0.15, -0.1) is 0 Å². The maximum atomic E-state index is 13.9. The molecule has 0 unspecified atom stereocenters. The minimum absolute atomic E-state index is 0.00501. The van der Waals surface area contributed by atoms with Gasteiger partial charge in [0.05, 0.1) is 10.5 Å². The molecular formula is C17H15BrFN3O5S. The predicted octanol–water partition coefficient (Wildman–Crippen LogP) is 2.64. The van der Waals surface area contributed by atoms with Crippen molar-refractivity contribution in [1.29, 1.82) is 0 Å². The van der Waals surface area contributed by atoms with E-state index in [4.69, 9.17) is 0 Å². The van der Waals surface area contributed by atoms with Gasteiger partial charge in [0, 0.05) is 42.8 Å². The third kappa shape index (κ3) is 3.91. The molecule has 0 aromatic heterocycles. The van der Waals surface area contributed by atoms with Crippen LogP contribution in [0, 0.1) is 15.9 Å². The third-order valence-electron chi connectivity index (χ3n) is 4.37. The summed E-state index contributed by atoms with van der Waals surface area (Å²) in [6.45, 7) is 0.160. The molecule has 1 heterocycles. The largest absolute Gasteiger partial charge is 0.336 e. The highest BCUT2D eigenvalue weighted by molar-refractivity contribution is 9.10.